The lowest BCUT2D eigenvalue weighted by Gasteiger charge is -2.49. The molecule has 2 unspecified atom stereocenters. The van der Waals surface area contributed by atoms with Gasteiger partial charge in [0.25, 0.3) is 0 Å². The Balaban J connectivity index is 2.05. The molecule has 2 fully saturated rings. The van der Waals surface area contributed by atoms with Gasteiger partial charge in [-0.15, -0.1) is 6.58 Å². The Morgan fingerprint density at radius 3 is 2.59 bits per heavy atom. The summed E-state index contributed by atoms with van der Waals surface area (Å²) in [5.74, 6) is 0.766. The van der Waals surface area contributed by atoms with Gasteiger partial charge < -0.3 is 10.2 Å². The van der Waals surface area contributed by atoms with Gasteiger partial charge in [-0.1, -0.05) is 32.8 Å². The van der Waals surface area contributed by atoms with Crippen molar-refractivity contribution >= 4 is 0 Å². The van der Waals surface area contributed by atoms with E-state index in [0.717, 1.165) is 38.5 Å². The van der Waals surface area contributed by atoms with Gasteiger partial charge in [0.15, 0.2) is 0 Å². The molecule has 2 nitrogen and oxygen atoms in total. The molecule has 0 aliphatic heterocycles. The summed E-state index contributed by atoms with van der Waals surface area (Å²) >= 11 is 0. The molecule has 2 saturated carbocycles. The van der Waals surface area contributed by atoms with Crippen molar-refractivity contribution in [3.63, 3.8) is 0 Å². The van der Waals surface area contributed by atoms with Gasteiger partial charge in [0.05, 0.1) is 11.7 Å². The Hall–Kier alpha value is -0.340. The molecule has 128 valence electrons. The highest BCUT2D eigenvalue weighted by molar-refractivity contribution is 5.14. The molecule has 22 heavy (non-hydrogen) atoms. The van der Waals surface area contributed by atoms with E-state index in [-0.39, 0.29) is 16.9 Å². The van der Waals surface area contributed by atoms with Gasteiger partial charge >= 0.3 is 0 Å². The molecule has 0 bridgehead atoms. The number of fused-ring (bicyclic) bond motifs is 1. The van der Waals surface area contributed by atoms with Gasteiger partial charge in [-0.05, 0) is 75.0 Å². The van der Waals surface area contributed by atoms with Crippen LogP contribution in [0.5, 0.6) is 0 Å². The van der Waals surface area contributed by atoms with Crippen LogP contribution in [0.25, 0.3) is 0 Å². The van der Waals surface area contributed by atoms with E-state index < -0.39 is 5.60 Å². The third kappa shape index (κ3) is 3.01. The molecular formula is C20H36O2. The third-order valence-electron chi connectivity index (χ3n) is 7.37. The zero-order valence-corrected chi connectivity index (χ0v) is 15.1. The molecule has 0 amide bonds. The van der Waals surface area contributed by atoms with Gasteiger partial charge in [-0.25, -0.2) is 0 Å². The average Bonchev–Trinajstić information content (AvgIpc) is 2.72. The second-order valence-electron chi connectivity index (χ2n) is 8.83. The van der Waals surface area contributed by atoms with Crippen molar-refractivity contribution in [3.8, 4) is 0 Å². The smallest absolute Gasteiger partial charge is 0.0617 e. The van der Waals surface area contributed by atoms with Crippen molar-refractivity contribution in [1.82, 2.24) is 0 Å². The van der Waals surface area contributed by atoms with E-state index in [4.69, 9.17) is 0 Å². The van der Waals surface area contributed by atoms with Crippen LogP contribution in [0, 0.1) is 22.7 Å². The molecule has 0 saturated heterocycles. The fourth-order valence-electron chi connectivity index (χ4n) is 5.24. The first-order valence-electron chi connectivity index (χ1n) is 9.20. The summed E-state index contributed by atoms with van der Waals surface area (Å²) in [7, 11) is 0. The van der Waals surface area contributed by atoms with Crippen LogP contribution in [0.1, 0.15) is 79.1 Å². The predicted molar refractivity (Wildman–Crippen MR) is 92.6 cm³/mol. The van der Waals surface area contributed by atoms with E-state index in [1.54, 1.807) is 0 Å². The Morgan fingerprint density at radius 1 is 1.32 bits per heavy atom. The monoisotopic (exact) mass is 308 g/mol. The maximum absolute atomic E-state index is 10.4. The van der Waals surface area contributed by atoms with E-state index in [2.05, 4.69) is 26.5 Å². The zero-order valence-electron chi connectivity index (χ0n) is 15.1. The van der Waals surface area contributed by atoms with Gasteiger partial charge in [0.1, 0.15) is 0 Å². The highest BCUT2D eigenvalue weighted by Gasteiger charge is 2.57. The van der Waals surface area contributed by atoms with Crippen molar-refractivity contribution in [2.75, 3.05) is 0 Å². The lowest BCUT2D eigenvalue weighted by atomic mass is 9.56. The molecule has 0 spiro atoms. The van der Waals surface area contributed by atoms with Gasteiger partial charge in [0.2, 0.25) is 0 Å². The fraction of sp³-hybridized carbons (Fsp3) is 0.900. The molecule has 0 aromatic carbocycles. The number of allylic oxidation sites excluding steroid dienone is 1. The molecule has 0 radical (unpaired) electrons. The summed E-state index contributed by atoms with van der Waals surface area (Å²) in [5, 5.41) is 20.5. The van der Waals surface area contributed by atoms with Crippen molar-refractivity contribution in [3.05, 3.63) is 12.7 Å². The maximum atomic E-state index is 10.4. The van der Waals surface area contributed by atoms with Crippen LogP contribution >= 0.6 is 0 Å². The first-order chi connectivity index (χ1) is 10.2. The summed E-state index contributed by atoms with van der Waals surface area (Å²) in [6.45, 7) is 12.5. The summed E-state index contributed by atoms with van der Waals surface area (Å²) in [4.78, 5) is 0. The molecular weight excluding hydrogens is 272 g/mol. The average molecular weight is 309 g/mol. The Kier molecular flexibility index (Phi) is 5.14. The number of aliphatic hydroxyl groups is 2. The maximum Gasteiger partial charge on any atom is 0.0617 e. The fourth-order valence-corrected chi connectivity index (χ4v) is 5.24. The second-order valence-corrected chi connectivity index (χ2v) is 8.83. The van der Waals surface area contributed by atoms with E-state index >= 15 is 0 Å². The first-order valence-corrected chi connectivity index (χ1v) is 9.20. The summed E-state index contributed by atoms with van der Waals surface area (Å²) in [6.07, 6.45) is 11.1. The van der Waals surface area contributed by atoms with Crippen LogP contribution in [0.15, 0.2) is 12.7 Å². The van der Waals surface area contributed by atoms with Crippen LogP contribution < -0.4 is 0 Å². The summed E-state index contributed by atoms with van der Waals surface area (Å²) in [5.41, 5.74) is -0.201. The Morgan fingerprint density at radius 2 is 2.00 bits per heavy atom. The van der Waals surface area contributed by atoms with Crippen molar-refractivity contribution in [1.29, 1.82) is 0 Å². The molecule has 2 heteroatoms. The van der Waals surface area contributed by atoms with Crippen LogP contribution in [-0.2, 0) is 0 Å². The highest BCUT2D eigenvalue weighted by atomic mass is 16.3. The lowest BCUT2D eigenvalue weighted by molar-refractivity contribution is -0.0417. The summed E-state index contributed by atoms with van der Waals surface area (Å²) in [6, 6.07) is 0. The summed E-state index contributed by atoms with van der Waals surface area (Å²) < 4.78 is 0. The molecule has 0 aromatic rings. The molecule has 2 aliphatic carbocycles. The third-order valence-corrected chi connectivity index (χ3v) is 7.37. The molecule has 2 N–H and O–H groups in total. The zero-order chi connectivity index (χ0) is 16.6. The van der Waals surface area contributed by atoms with Crippen molar-refractivity contribution in [2.45, 2.75) is 90.8 Å². The topological polar surface area (TPSA) is 40.5 Å². The van der Waals surface area contributed by atoms with E-state index in [1.807, 2.05) is 13.8 Å². The molecule has 2 aliphatic rings. The second kappa shape index (κ2) is 6.28. The highest BCUT2D eigenvalue weighted by Crippen LogP contribution is 2.64. The van der Waals surface area contributed by atoms with Gasteiger partial charge in [-0.2, -0.15) is 0 Å². The van der Waals surface area contributed by atoms with E-state index in [0.29, 0.717) is 11.8 Å². The largest absolute Gasteiger partial charge is 0.393 e. The molecule has 0 heterocycles. The lowest BCUT2D eigenvalue weighted by Crippen LogP contribution is -2.45. The predicted octanol–water partition coefficient (Wildman–Crippen LogP) is 4.70. The van der Waals surface area contributed by atoms with Crippen LogP contribution in [0.3, 0.4) is 0 Å². The van der Waals surface area contributed by atoms with E-state index in [1.165, 1.54) is 12.8 Å². The van der Waals surface area contributed by atoms with E-state index in [9.17, 15) is 10.2 Å². The minimum atomic E-state index is -0.593. The number of hydrogen-bond donors (Lipinski definition) is 2. The number of aliphatic hydroxyl groups excluding tert-OH is 1. The van der Waals surface area contributed by atoms with Crippen LogP contribution in [0.4, 0.5) is 0 Å². The number of hydrogen-bond acceptors (Lipinski definition) is 2. The minimum absolute atomic E-state index is 0.115. The Labute approximate surface area is 137 Å². The van der Waals surface area contributed by atoms with Gasteiger partial charge in [0, 0.05) is 0 Å². The minimum Gasteiger partial charge on any atom is -0.393 e. The number of rotatable bonds is 6. The van der Waals surface area contributed by atoms with Crippen molar-refractivity contribution in [2.24, 2.45) is 22.7 Å². The molecule has 2 rings (SSSR count). The van der Waals surface area contributed by atoms with Crippen LogP contribution in [0.2, 0.25) is 0 Å². The standard InChI is InChI=1S/C20H36O2/c1-6-20(13-7-9-15(2)18(3,4)22)14-11-16-17(21)10-8-12-19(16,20)5/h6,15-17,21-22H,1,7-14H2,2-5H3/t15-,16?,17?,19+,20+/m1/s1. The SMILES string of the molecule is C=C[C@]1(CCC[C@@H](C)C(C)(C)O)CCC2C(O)CCC[C@@]21C. The quantitative estimate of drug-likeness (QED) is 0.698. The first kappa shape index (κ1) is 18.0. The molecule has 5 atom stereocenters. The molecule has 0 aromatic heterocycles. The Bertz CT molecular complexity index is 397. The normalized spacial score (nSPS) is 40.3. The van der Waals surface area contributed by atoms with Gasteiger partial charge in [-0.3, -0.25) is 0 Å². The van der Waals surface area contributed by atoms with Crippen molar-refractivity contribution < 1.29 is 10.2 Å². The van der Waals surface area contributed by atoms with Crippen LogP contribution in [-0.4, -0.2) is 21.9 Å².